The second-order valence-corrected chi connectivity index (χ2v) is 3.79. The van der Waals surface area contributed by atoms with Crippen molar-refractivity contribution < 1.29 is 19.8 Å². The van der Waals surface area contributed by atoms with Crippen LogP contribution in [0.15, 0.2) is 24.3 Å². The van der Waals surface area contributed by atoms with Gasteiger partial charge in [-0.3, -0.25) is 14.9 Å². The number of aliphatic carboxylic acids is 1. The van der Waals surface area contributed by atoms with Gasteiger partial charge in [-0.25, -0.2) is 0 Å². The molecule has 0 heterocycles. The van der Waals surface area contributed by atoms with Gasteiger partial charge in [0.25, 0.3) is 0 Å². The van der Waals surface area contributed by atoms with Gasteiger partial charge < -0.3 is 10.2 Å². The minimum absolute atomic E-state index is 0.0771. The third-order valence-electron chi connectivity index (χ3n) is 2.18. The maximum absolute atomic E-state index is 11.6. The number of ketones is 1. The average Bonchev–Trinajstić information content (AvgIpc) is 2.30. The number of hydrogen-bond acceptors (Lipinski definition) is 5. The molecule has 1 aromatic rings. The number of carboxylic acids is 1. The summed E-state index contributed by atoms with van der Waals surface area (Å²) in [5.74, 6) is -1.09. The fourth-order valence-corrected chi connectivity index (χ4v) is 1.48. The van der Waals surface area contributed by atoms with Gasteiger partial charge >= 0.3 is 5.97 Å². The number of phenolic OH excluding ortho intramolecular Hbond substituents is 1. The highest BCUT2D eigenvalue weighted by molar-refractivity contribution is 7.80. The maximum Gasteiger partial charge on any atom is 0.321 e. The number of Topliss-reactive ketones (excluding diaryl/α,β-unsaturated/α-hetero) is 1. The van der Waals surface area contributed by atoms with Crippen LogP contribution >= 0.6 is 12.6 Å². The third-order valence-corrected chi connectivity index (χ3v) is 2.54. The molecule has 92 valence electrons. The number of carbonyl (C=O) groups excluding carboxylic acids is 1. The monoisotopic (exact) mass is 255 g/mol. The molecule has 0 spiro atoms. The SMILES string of the molecule is O=C(CNC(CS)C(=O)O)c1ccc(O)cc1. The average molecular weight is 255 g/mol. The van der Waals surface area contributed by atoms with Crippen LogP contribution in [0, 0.1) is 0 Å². The van der Waals surface area contributed by atoms with E-state index < -0.39 is 12.0 Å². The molecular weight excluding hydrogens is 242 g/mol. The second kappa shape index (κ2) is 6.27. The smallest absolute Gasteiger partial charge is 0.321 e. The highest BCUT2D eigenvalue weighted by atomic mass is 32.1. The van der Waals surface area contributed by atoms with Gasteiger partial charge in [0, 0.05) is 11.3 Å². The number of carboxylic acid groups (broad SMARTS) is 1. The minimum Gasteiger partial charge on any atom is -0.508 e. The Morgan fingerprint density at radius 1 is 1.29 bits per heavy atom. The number of nitrogens with one attached hydrogen (secondary N) is 1. The molecule has 0 aliphatic carbocycles. The maximum atomic E-state index is 11.6. The molecule has 1 atom stereocenters. The Kier molecular flexibility index (Phi) is 4.99. The summed E-state index contributed by atoms with van der Waals surface area (Å²) in [6, 6.07) is 4.92. The topological polar surface area (TPSA) is 86.6 Å². The van der Waals surface area contributed by atoms with Crippen molar-refractivity contribution in [2.75, 3.05) is 12.3 Å². The molecule has 0 saturated carbocycles. The predicted molar refractivity (Wildman–Crippen MR) is 65.7 cm³/mol. The molecule has 1 aromatic carbocycles. The van der Waals surface area contributed by atoms with E-state index in [1.807, 2.05) is 0 Å². The van der Waals surface area contributed by atoms with E-state index in [1.165, 1.54) is 24.3 Å². The standard InChI is InChI=1S/C11H13NO4S/c13-8-3-1-7(2-4-8)10(14)5-12-9(6-17)11(15)16/h1-4,9,12-13,17H,5-6H2,(H,15,16). The molecule has 5 nitrogen and oxygen atoms in total. The largest absolute Gasteiger partial charge is 0.508 e. The lowest BCUT2D eigenvalue weighted by molar-refractivity contribution is -0.138. The number of benzene rings is 1. The van der Waals surface area contributed by atoms with E-state index in [9.17, 15) is 9.59 Å². The van der Waals surface area contributed by atoms with E-state index in [1.54, 1.807) is 0 Å². The number of phenols is 1. The number of aromatic hydroxyl groups is 1. The highest BCUT2D eigenvalue weighted by Crippen LogP contribution is 2.09. The summed E-state index contributed by atoms with van der Waals surface area (Å²) in [6.45, 7) is -0.0810. The molecule has 0 amide bonds. The van der Waals surface area contributed by atoms with Gasteiger partial charge in [0.05, 0.1) is 6.54 Å². The molecule has 17 heavy (non-hydrogen) atoms. The first-order chi connectivity index (χ1) is 8.04. The molecule has 0 aromatic heterocycles. The van der Waals surface area contributed by atoms with Crippen LogP contribution in [-0.2, 0) is 4.79 Å². The molecule has 0 saturated heterocycles. The number of rotatable bonds is 6. The molecule has 1 rings (SSSR count). The Balaban J connectivity index is 2.55. The summed E-state index contributed by atoms with van der Waals surface area (Å²) in [5.41, 5.74) is 0.415. The van der Waals surface area contributed by atoms with E-state index >= 15 is 0 Å². The fraction of sp³-hybridized carbons (Fsp3) is 0.273. The molecular formula is C11H13NO4S. The van der Waals surface area contributed by atoms with Gasteiger partial charge in [-0.1, -0.05) is 0 Å². The van der Waals surface area contributed by atoms with Crippen LogP contribution in [0.1, 0.15) is 10.4 Å². The molecule has 0 aliphatic heterocycles. The first-order valence-corrected chi connectivity index (χ1v) is 5.57. The molecule has 3 N–H and O–H groups in total. The van der Waals surface area contributed by atoms with Gasteiger partial charge in [0.1, 0.15) is 11.8 Å². The van der Waals surface area contributed by atoms with E-state index in [4.69, 9.17) is 10.2 Å². The molecule has 0 aliphatic rings. The summed E-state index contributed by atoms with van der Waals surface area (Å²) < 4.78 is 0. The van der Waals surface area contributed by atoms with Crippen molar-refractivity contribution in [1.29, 1.82) is 0 Å². The summed E-state index contributed by atoms with van der Waals surface area (Å²) in [5, 5.41) is 20.4. The lowest BCUT2D eigenvalue weighted by atomic mass is 10.1. The van der Waals surface area contributed by atoms with Crippen molar-refractivity contribution in [3.05, 3.63) is 29.8 Å². The van der Waals surface area contributed by atoms with Crippen LogP contribution in [-0.4, -0.2) is 40.3 Å². The van der Waals surface area contributed by atoms with Crippen LogP contribution in [0.5, 0.6) is 5.75 Å². The molecule has 0 fully saturated rings. The van der Waals surface area contributed by atoms with Crippen LogP contribution in [0.4, 0.5) is 0 Å². The molecule has 0 bridgehead atoms. The first-order valence-electron chi connectivity index (χ1n) is 4.94. The summed E-state index contributed by atoms with van der Waals surface area (Å²) >= 11 is 3.87. The first kappa shape index (κ1) is 13.5. The Labute approximate surface area is 104 Å². The van der Waals surface area contributed by atoms with Crippen molar-refractivity contribution in [2.45, 2.75) is 6.04 Å². The van der Waals surface area contributed by atoms with Gasteiger partial charge in [0.2, 0.25) is 0 Å². The van der Waals surface area contributed by atoms with Crippen molar-refractivity contribution >= 4 is 24.4 Å². The number of hydrogen-bond donors (Lipinski definition) is 4. The van der Waals surface area contributed by atoms with Gasteiger partial charge in [-0.15, -0.1) is 0 Å². The Morgan fingerprint density at radius 2 is 1.88 bits per heavy atom. The number of thiol groups is 1. The molecule has 6 heteroatoms. The van der Waals surface area contributed by atoms with Crippen molar-refractivity contribution in [3.63, 3.8) is 0 Å². The molecule has 0 radical (unpaired) electrons. The van der Waals surface area contributed by atoms with Gasteiger partial charge in [0.15, 0.2) is 5.78 Å². The van der Waals surface area contributed by atoms with Gasteiger partial charge in [-0.05, 0) is 24.3 Å². The zero-order valence-corrected chi connectivity index (χ0v) is 9.85. The van der Waals surface area contributed by atoms with Crippen LogP contribution in [0.25, 0.3) is 0 Å². The third kappa shape index (κ3) is 4.08. The lowest BCUT2D eigenvalue weighted by Crippen LogP contribution is -2.41. The zero-order valence-electron chi connectivity index (χ0n) is 8.96. The van der Waals surface area contributed by atoms with E-state index in [-0.39, 0.29) is 23.8 Å². The minimum atomic E-state index is -1.04. The van der Waals surface area contributed by atoms with Crippen molar-refractivity contribution in [2.24, 2.45) is 0 Å². The molecule has 1 unspecified atom stereocenters. The highest BCUT2D eigenvalue weighted by Gasteiger charge is 2.16. The fourth-order valence-electron chi connectivity index (χ4n) is 1.20. The Morgan fingerprint density at radius 3 is 2.35 bits per heavy atom. The predicted octanol–water partition coefficient (Wildman–Crippen LogP) is 0.547. The van der Waals surface area contributed by atoms with Crippen LogP contribution in [0.2, 0.25) is 0 Å². The number of carbonyl (C=O) groups is 2. The quantitative estimate of drug-likeness (QED) is 0.440. The lowest BCUT2D eigenvalue weighted by Gasteiger charge is -2.10. The van der Waals surface area contributed by atoms with Crippen molar-refractivity contribution in [1.82, 2.24) is 5.32 Å². The van der Waals surface area contributed by atoms with Crippen LogP contribution < -0.4 is 5.32 Å². The van der Waals surface area contributed by atoms with Gasteiger partial charge in [-0.2, -0.15) is 12.6 Å². The second-order valence-electron chi connectivity index (χ2n) is 3.42. The van der Waals surface area contributed by atoms with Crippen LogP contribution in [0.3, 0.4) is 0 Å². The Hall–Kier alpha value is -1.53. The summed E-state index contributed by atoms with van der Waals surface area (Å²) in [4.78, 5) is 22.3. The van der Waals surface area contributed by atoms with Crippen molar-refractivity contribution in [3.8, 4) is 5.75 Å². The Bertz CT molecular complexity index is 404. The van der Waals surface area contributed by atoms with E-state index in [0.717, 1.165) is 0 Å². The summed E-state index contributed by atoms with van der Waals surface area (Å²) in [7, 11) is 0. The van der Waals surface area contributed by atoms with E-state index in [0.29, 0.717) is 5.56 Å². The zero-order chi connectivity index (χ0) is 12.8. The normalized spacial score (nSPS) is 12.1. The summed E-state index contributed by atoms with van der Waals surface area (Å²) in [6.07, 6.45) is 0. The van der Waals surface area contributed by atoms with E-state index in [2.05, 4.69) is 17.9 Å².